The number of methoxy groups -OCH3 is 1. The lowest BCUT2D eigenvalue weighted by Gasteiger charge is -2.30. The number of rotatable bonds is 5. The SMILES string of the molecule is CNCc1cc(S(=O)(=O)N2CCC(OC)CC2)ccc1Cl. The summed E-state index contributed by atoms with van der Waals surface area (Å²) in [4.78, 5) is 0.299. The number of halogens is 1. The molecule has 1 saturated heterocycles. The quantitative estimate of drug-likeness (QED) is 0.894. The summed E-state index contributed by atoms with van der Waals surface area (Å²) in [5, 5.41) is 3.56. The van der Waals surface area contributed by atoms with Gasteiger partial charge in [-0.15, -0.1) is 0 Å². The fourth-order valence-corrected chi connectivity index (χ4v) is 4.20. The van der Waals surface area contributed by atoms with Crippen LogP contribution < -0.4 is 5.32 Å². The van der Waals surface area contributed by atoms with Crippen LogP contribution in [0.3, 0.4) is 0 Å². The number of hydrogen-bond acceptors (Lipinski definition) is 4. The van der Waals surface area contributed by atoms with E-state index in [9.17, 15) is 8.42 Å². The van der Waals surface area contributed by atoms with Crippen molar-refractivity contribution in [3.05, 3.63) is 28.8 Å². The van der Waals surface area contributed by atoms with Crippen LogP contribution in [0.4, 0.5) is 0 Å². The molecular weight excluding hydrogens is 312 g/mol. The minimum atomic E-state index is -3.46. The average molecular weight is 333 g/mol. The second kappa shape index (κ2) is 7.07. The molecular formula is C14H21ClN2O3S. The fourth-order valence-electron chi connectivity index (χ4n) is 2.49. The Morgan fingerprint density at radius 2 is 2.05 bits per heavy atom. The van der Waals surface area contributed by atoms with Gasteiger partial charge in [-0.05, 0) is 43.7 Å². The zero-order valence-corrected chi connectivity index (χ0v) is 13.9. The van der Waals surface area contributed by atoms with Crippen LogP contribution in [0.2, 0.25) is 5.02 Å². The van der Waals surface area contributed by atoms with E-state index in [0.29, 0.717) is 29.6 Å². The molecule has 0 atom stereocenters. The summed E-state index contributed by atoms with van der Waals surface area (Å²) in [6.07, 6.45) is 1.61. The van der Waals surface area contributed by atoms with Crippen molar-refractivity contribution in [3.8, 4) is 0 Å². The van der Waals surface area contributed by atoms with Crippen molar-refractivity contribution < 1.29 is 13.2 Å². The minimum absolute atomic E-state index is 0.154. The highest BCUT2D eigenvalue weighted by Gasteiger charge is 2.29. The minimum Gasteiger partial charge on any atom is -0.381 e. The Morgan fingerprint density at radius 3 is 2.62 bits per heavy atom. The lowest BCUT2D eigenvalue weighted by Crippen LogP contribution is -2.40. The molecule has 1 heterocycles. The van der Waals surface area contributed by atoms with Crippen molar-refractivity contribution in [2.45, 2.75) is 30.4 Å². The van der Waals surface area contributed by atoms with E-state index in [-0.39, 0.29) is 6.10 Å². The number of nitrogens with zero attached hydrogens (tertiary/aromatic N) is 1. The van der Waals surface area contributed by atoms with E-state index in [2.05, 4.69) is 5.32 Å². The first-order valence-corrected chi connectivity index (χ1v) is 8.77. The van der Waals surface area contributed by atoms with Crippen LogP contribution in [0.5, 0.6) is 0 Å². The van der Waals surface area contributed by atoms with Crippen LogP contribution in [-0.4, -0.2) is 46.1 Å². The normalized spacial score (nSPS) is 18.0. The number of benzene rings is 1. The first kappa shape index (κ1) is 16.7. The van der Waals surface area contributed by atoms with E-state index in [1.165, 1.54) is 4.31 Å². The monoisotopic (exact) mass is 332 g/mol. The third-order valence-electron chi connectivity index (χ3n) is 3.76. The molecule has 0 aromatic heterocycles. The summed E-state index contributed by atoms with van der Waals surface area (Å²) in [7, 11) is 0.00347. The van der Waals surface area contributed by atoms with Crippen LogP contribution in [0.15, 0.2) is 23.1 Å². The smallest absolute Gasteiger partial charge is 0.243 e. The molecule has 1 aromatic carbocycles. The van der Waals surface area contributed by atoms with Crippen molar-refractivity contribution in [3.63, 3.8) is 0 Å². The highest BCUT2D eigenvalue weighted by atomic mass is 35.5. The maximum atomic E-state index is 12.7. The summed E-state index contributed by atoms with van der Waals surface area (Å²) in [6, 6.07) is 4.86. The van der Waals surface area contributed by atoms with Crippen molar-refractivity contribution in [1.82, 2.24) is 9.62 Å². The summed E-state index contributed by atoms with van der Waals surface area (Å²) < 4.78 is 32.1. The Balaban J connectivity index is 2.22. The van der Waals surface area contributed by atoms with Gasteiger partial charge in [0.1, 0.15) is 0 Å². The highest BCUT2D eigenvalue weighted by molar-refractivity contribution is 7.89. The van der Waals surface area contributed by atoms with Gasteiger partial charge in [0.2, 0.25) is 10.0 Å². The van der Waals surface area contributed by atoms with Crippen molar-refractivity contribution in [1.29, 1.82) is 0 Å². The van der Waals surface area contributed by atoms with Gasteiger partial charge < -0.3 is 10.1 Å². The van der Waals surface area contributed by atoms with Crippen LogP contribution >= 0.6 is 11.6 Å². The highest BCUT2D eigenvalue weighted by Crippen LogP contribution is 2.25. The number of sulfonamides is 1. The second-order valence-corrected chi connectivity index (χ2v) is 7.47. The molecule has 2 rings (SSSR count). The maximum absolute atomic E-state index is 12.7. The van der Waals surface area contributed by atoms with Gasteiger partial charge in [0, 0.05) is 31.8 Å². The Labute approximate surface area is 131 Å². The standard InChI is InChI=1S/C14H21ClN2O3S/c1-16-10-11-9-13(3-4-14(11)15)21(18,19)17-7-5-12(20-2)6-8-17/h3-4,9,12,16H,5-8,10H2,1-2H3. The topological polar surface area (TPSA) is 58.6 Å². The van der Waals surface area contributed by atoms with E-state index in [4.69, 9.17) is 16.3 Å². The zero-order chi connectivity index (χ0) is 15.5. The van der Waals surface area contributed by atoms with Gasteiger partial charge in [-0.1, -0.05) is 11.6 Å². The molecule has 21 heavy (non-hydrogen) atoms. The van der Waals surface area contributed by atoms with E-state index >= 15 is 0 Å². The van der Waals surface area contributed by atoms with Crippen LogP contribution in [0.1, 0.15) is 18.4 Å². The molecule has 1 aliphatic heterocycles. The maximum Gasteiger partial charge on any atom is 0.243 e. The predicted octanol–water partition coefficient (Wildman–Crippen LogP) is 1.86. The number of hydrogen-bond donors (Lipinski definition) is 1. The average Bonchev–Trinajstić information content (AvgIpc) is 2.49. The number of ether oxygens (including phenoxy) is 1. The summed E-state index contributed by atoms with van der Waals surface area (Å²) in [5.41, 5.74) is 0.784. The molecule has 7 heteroatoms. The molecule has 1 N–H and O–H groups in total. The van der Waals surface area contributed by atoms with Gasteiger partial charge in [-0.2, -0.15) is 4.31 Å². The largest absolute Gasteiger partial charge is 0.381 e. The van der Waals surface area contributed by atoms with Gasteiger partial charge in [0.05, 0.1) is 11.0 Å². The first-order chi connectivity index (χ1) is 9.98. The van der Waals surface area contributed by atoms with E-state index in [1.807, 2.05) is 0 Å². The van der Waals surface area contributed by atoms with Gasteiger partial charge >= 0.3 is 0 Å². The first-order valence-electron chi connectivity index (χ1n) is 6.95. The summed E-state index contributed by atoms with van der Waals surface area (Å²) in [5.74, 6) is 0. The number of piperidine rings is 1. The molecule has 0 unspecified atom stereocenters. The molecule has 1 fully saturated rings. The van der Waals surface area contributed by atoms with E-state index in [0.717, 1.165) is 18.4 Å². The summed E-state index contributed by atoms with van der Waals surface area (Å²) >= 11 is 6.08. The van der Waals surface area contributed by atoms with Crippen molar-refractivity contribution >= 4 is 21.6 Å². The number of nitrogens with one attached hydrogen (secondary N) is 1. The van der Waals surface area contributed by atoms with Gasteiger partial charge in [0.25, 0.3) is 0 Å². The van der Waals surface area contributed by atoms with E-state index < -0.39 is 10.0 Å². The molecule has 0 saturated carbocycles. The molecule has 1 aliphatic rings. The molecule has 5 nitrogen and oxygen atoms in total. The van der Waals surface area contributed by atoms with Crippen LogP contribution in [0.25, 0.3) is 0 Å². The Bertz CT molecular complexity index is 584. The second-order valence-electron chi connectivity index (χ2n) is 5.12. The van der Waals surface area contributed by atoms with Gasteiger partial charge in [0.15, 0.2) is 0 Å². The Hall–Kier alpha value is -0.660. The molecule has 1 aromatic rings. The van der Waals surface area contributed by atoms with E-state index in [1.54, 1.807) is 32.4 Å². The van der Waals surface area contributed by atoms with Crippen molar-refractivity contribution in [2.24, 2.45) is 0 Å². The Morgan fingerprint density at radius 1 is 1.38 bits per heavy atom. The van der Waals surface area contributed by atoms with Gasteiger partial charge in [-0.3, -0.25) is 0 Å². The van der Waals surface area contributed by atoms with Crippen LogP contribution in [0, 0.1) is 0 Å². The lowest BCUT2D eigenvalue weighted by molar-refractivity contribution is 0.0604. The molecule has 0 amide bonds. The summed E-state index contributed by atoms with van der Waals surface area (Å²) in [6.45, 7) is 1.52. The predicted molar refractivity (Wildman–Crippen MR) is 83.0 cm³/mol. The molecule has 0 bridgehead atoms. The third kappa shape index (κ3) is 3.76. The zero-order valence-electron chi connectivity index (χ0n) is 12.3. The molecule has 0 radical (unpaired) electrons. The van der Waals surface area contributed by atoms with Crippen molar-refractivity contribution in [2.75, 3.05) is 27.2 Å². The van der Waals surface area contributed by atoms with Crippen LogP contribution in [-0.2, 0) is 21.3 Å². The lowest BCUT2D eigenvalue weighted by atomic mass is 10.1. The molecule has 0 aliphatic carbocycles. The molecule has 0 spiro atoms. The van der Waals surface area contributed by atoms with Gasteiger partial charge in [-0.25, -0.2) is 8.42 Å². The molecule has 118 valence electrons. The Kier molecular flexibility index (Phi) is 5.62. The fraction of sp³-hybridized carbons (Fsp3) is 0.571. The third-order valence-corrected chi connectivity index (χ3v) is 6.02.